The van der Waals surface area contributed by atoms with Crippen LogP contribution in [-0.2, 0) is 14.4 Å². The first-order valence-electron chi connectivity index (χ1n) is 8.86. The van der Waals surface area contributed by atoms with E-state index in [0.29, 0.717) is 22.8 Å². The second-order valence-corrected chi connectivity index (χ2v) is 6.58. The maximum Gasteiger partial charge on any atom is 0.279 e. The lowest BCUT2D eigenvalue weighted by Gasteiger charge is -2.09. The molecule has 0 unspecified atom stereocenters. The zero-order valence-corrected chi connectivity index (χ0v) is 17.0. The molecule has 0 aliphatic rings. The number of Topliss-reactive ketones (excluding diaryl/α,β-unsaturated/α-hetero) is 1. The summed E-state index contributed by atoms with van der Waals surface area (Å²) in [7, 11) is 0. The molecule has 5 N–H and O–H groups in total. The molecule has 0 aliphatic heterocycles. The standard InChI is InChI=1S/C20H21N5O4S/c1-12(26)18(25-24-16-7-2-4-13(10-16)19(21)28)20(29)23-15-6-3-5-14(11-15)22-17(27)8-9-30/h2-7,10-11,24,30H,8-9H2,1H3,(H2,21,28)(H,22,27)(H,23,29)/b25-18-. The van der Waals surface area contributed by atoms with Gasteiger partial charge in [-0.05, 0) is 42.2 Å². The molecule has 3 amide bonds. The molecular formula is C20H21N5O4S. The molecule has 156 valence electrons. The second kappa shape index (κ2) is 10.8. The fraction of sp³-hybridized carbons (Fsp3) is 0.150. The van der Waals surface area contributed by atoms with Crippen molar-refractivity contribution >= 4 is 58.9 Å². The molecule has 0 saturated carbocycles. The Morgan fingerprint density at radius 2 is 1.60 bits per heavy atom. The van der Waals surface area contributed by atoms with E-state index in [-0.39, 0.29) is 23.6 Å². The molecule has 2 aromatic carbocycles. The number of nitrogens with two attached hydrogens (primary N) is 1. The van der Waals surface area contributed by atoms with Gasteiger partial charge in [0, 0.05) is 30.3 Å². The van der Waals surface area contributed by atoms with Gasteiger partial charge in [-0.3, -0.25) is 24.6 Å². The summed E-state index contributed by atoms with van der Waals surface area (Å²) in [5, 5.41) is 9.11. The van der Waals surface area contributed by atoms with Gasteiger partial charge >= 0.3 is 0 Å². The van der Waals surface area contributed by atoms with Gasteiger partial charge in [-0.15, -0.1) is 0 Å². The maximum absolute atomic E-state index is 12.5. The Kier molecular flexibility index (Phi) is 8.12. The van der Waals surface area contributed by atoms with Crippen molar-refractivity contribution in [2.24, 2.45) is 10.8 Å². The van der Waals surface area contributed by atoms with Gasteiger partial charge in [0.25, 0.3) is 5.91 Å². The Bertz CT molecular complexity index is 1010. The lowest BCUT2D eigenvalue weighted by Crippen LogP contribution is -2.29. The number of hydrogen-bond donors (Lipinski definition) is 5. The van der Waals surface area contributed by atoms with Gasteiger partial charge < -0.3 is 16.4 Å². The van der Waals surface area contributed by atoms with E-state index in [1.54, 1.807) is 36.4 Å². The fourth-order valence-corrected chi connectivity index (χ4v) is 2.54. The number of benzene rings is 2. The number of thiol groups is 1. The van der Waals surface area contributed by atoms with E-state index >= 15 is 0 Å². The van der Waals surface area contributed by atoms with E-state index in [4.69, 9.17) is 5.73 Å². The van der Waals surface area contributed by atoms with Crippen LogP contribution in [0, 0.1) is 0 Å². The summed E-state index contributed by atoms with van der Waals surface area (Å²) in [4.78, 5) is 47.3. The summed E-state index contributed by atoms with van der Waals surface area (Å²) < 4.78 is 0. The number of amides is 3. The highest BCUT2D eigenvalue weighted by Gasteiger charge is 2.17. The van der Waals surface area contributed by atoms with Crippen LogP contribution in [0.25, 0.3) is 0 Å². The van der Waals surface area contributed by atoms with Crippen molar-refractivity contribution in [1.29, 1.82) is 0 Å². The molecule has 10 heteroatoms. The van der Waals surface area contributed by atoms with E-state index in [1.807, 2.05) is 0 Å². The first kappa shape index (κ1) is 22.6. The summed E-state index contributed by atoms with van der Waals surface area (Å²) in [5.74, 6) is -1.71. The Labute approximate surface area is 178 Å². The maximum atomic E-state index is 12.5. The number of carbonyl (C=O) groups excluding carboxylic acids is 4. The van der Waals surface area contributed by atoms with Crippen LogP contribution in [0.2, 0.25) is 0 Å². The number of primary amides is 1. The molecule has 0 atom stereocenters. The Morgan fingerprint density at radius 1 is 0.967 bits per heavy atom. The molecule has 0 fully saturated rings. The minimum absolute atomic E-state index is 0.207. The van der Waals surface area contributed by atoms with Crippen LogP contribution in [0.3, 0.4) is 0 Å². The predicted molar refractivity (Wildman–Crippen MR) is 119 cm³/mol. The van der Waals surface area contributed by atoms with Gasteiger partial charge in [0.05, 0.1) is 5.69 Å². The summed E-state index contributed by atoms with van der Waals surface area (Å²) in [5.41, 5.74) is 8.92. The lowest BCUT2D eigenvalue weighted by molar-refractivity contribution is -0.116. The van der Waals surface area contributed by atoms with Crippen molar-refractivity contribution < 1.29 is 19.2 Å². The van der Waals surface area contributed by atoms with E-state index in [1.165, 1.54) is 19.1 Å². The van der Waals surface area contributed by atoms with Crippen LogP contribution in [0.5, 0.6) is 0 Å². The Balaban J connectivity index is 2.13. The first-order chi connectivity index (χ1) is 14.3. The molecule has 0 spiro atoms. The molecule has 30 heavy (non-hydrogen) atoms. The summed E-state index contributed by atoms with van der Waals surface area (Å²) in [6.07, 6.45) is 0.253. The van der Waals surface area contributed by atoms with Crippen molar-refractivity contribution in [3.8, 4) is 0 Å². The van der Waals surface area contributed by atoms with Crippen LogP contribution < -0.4 is 21.8 Å². The lowest BCUT2D eigenvalue weighted by atomic mass is 10.2. The van der Waals surface area contributed by atoms with Gasteiger partial charge in [-0.1, -0.05) is 12.1 Å². The highest BCUT2D eigenvalue weighted by molar-refractivity contribution is 7.80. The number of ketones is 1. The summed E-state index contributed by atoms with van der Waals surface area (Å²) in [6, 6.07) is 12.6. The normalized spacial score (nSPS) is 10.8. The number of hydrogen-bond acceptors (Lipinski definition) is 7. The minimum atomic E-state index is -0.736. The number of rotatable bonds is 9. The van der Waals surface area contributed by atoms with Crippen LogP contribution in [0.15, 0.2) is 53.6 Å². The zero-order valence-electron chi connectivity index (χ0n) is 16.1. The number of anilines is 3. The van der Waals surface area contributed by atoms with E-state index in [9.17, 15) is 19.2 Å². The van der Waals surface area contributed by atoms with Crippen molar-refractivity contribution in [2.75, 3.05) is 21.8 Å². The zero-order chi connectivity index (χ0) is 22.1. The quantitative estimate of drug-likeness (QED) is 0.180. The molecule has 0 radical (unpaired) electrons. The molecule has 0 heterocycles. The second-order valence-electron chi connectivity index (χ2n) is 6.13. The van der Waals surface area contributed by atoms with Crippen LogP contribution in [-0.4, -0.2) is 35.0 Å². The average Bonchev–Trinajstić information content (AvgIpc) is 2.68. The van der Waals surface area contributed by atoms with E-state index in [0.717, 1.165) is 0 Å². The van der Waals surface area contributed by atoms with Crippen molar-refractivity contribution in [1.82, 2.24) is 0 Å². The molecule has 0 aromatic heterocycles. The monoisotopic (exact) mass is 427 g/mol. The Hall–Kier alpha value is -3.66. The van der Waals surface area contributed by atoms with E-state index < -0.39 is 17.6 Å². The van der Waals surface area contributed by atoms with Gasteiger partial charge in [-0.25, -0.2) is 0 Å². The molecular weight excluding hydrogens is 406 g/mol. The topological polar surface area (TPSA) is 143 Å². The first-order valence-corrected chi connectivity index (χ1v) is 9.50. The van der Waals surface area contributed by atoms with Crippen LogP contribution >= 0.6 is 12.6 Å². The Morgan fingerprint density at radius 3 is 2.23 bits per heavy atom. The highest BCUT2D eigenvalue weighted by Crippen LogP contribution is 2.16. The third-order valence-electron chi connectivity index (χ3n) is 3.74. The largest absolute Gasteiger partial charge is 0.366 e. The van der Waals surface area contributed by atoms with Gasteiger partial charge in [-0.2, -0.15) is 17.7 Å². The predicted octanol–water partition coefficient (Wildman–Crippen LogP) is 2.04. The van der Waals surface area contributed by atoms with Gasteiger partial charge in [0.15, 0.2) is 11.5 Å². The third kappa shape index (κ3) is 6.74. The van der Waals surface area contributed by atoms with Gasteiger partial charge in [0.1, 0.15) is 0 Å². The number of nitrogens with one attached hydrogen (secondary N) is 3. The minimum Gasteiger partial charge on any atom is -0.366 e. The van der Waals surface area contributed by atoms with Crippen molar-refractivity contribution in [3.63, 3.8) is 0 Å². The molecule has 9 nitrogen and oxygen atoms in total. The third-order valence-corrected chi connectivity index (χ3v) is 3.96. The number of nitrogens with zero attached hydrogens (tertiary/aromatic N) is 1. The number of carbonyl (C=O) groups is 4. The number of hydrazone groups is 1. The van der Waals surface area contributed by atoms with Crippen LogP contribution in [0.1, 0.15) is 23.7 Å². The van der Waals surface area contributed by atoms with Crippen LogP contribution in [0.4, 0.5) is 17.1 Å². The SMILES string of the molecule is CC(=O)/C(=N/Nc1cccc(C(N)=O)c1)C(=O)Nc1cccc(NC(=O)CCS)c1. The van der Waals surface area contributed by atoms with Crippen molar-refractivity contribution in [3.05, 3.63) is 54.1 Å². The average molecular weight is 427 g/mol. The van der Waals surface area contributed by atoms with Crippen molar-refractivity contribution in [2.45, 2.75) is 13.3 Å². The molecule has 2 aromatic rings. The molecule has 0 aliphatic carbocycles. The summed E-state index contributed by atoms with van der Waals surface area (Å²) in [6.45, 7) is 1.20. The highest BCUT2D eigenvalue weighted by atomic mass is 32.1. The molecule has 0 bridgehead atoms. The fourth-order valence-electron chi connectivity index (χ4n) is 2.34. The van der Waals surface area contributed by atoms with E-state index in [2.05, 4.69) is 33.8 Å². The molecule has 2 rings (SSSR count). The summed E-state index contributed by atoms with van der Waals surface area (Å²) >= 11 is 4.00. The smallest absolute Gasteiger partial charge is 0.279 e. The molecule has 0 saturated heterocycles. The van der Waals surface area contributed by atoms with Gasteiger partial charge in [0.2, 0.25) is 11.8 Å².